The van der Waals surface area contributed by atoms with Gasteiger partial charge in [0.05, 0.1) is 14.2 Å². The molecule has 0 saturated carbocycles. The molecule has 0 bridgehead atoms. The Bertz CT molecular complexity index is 976. The van der Waals surface area contributed by atoms with Crippen LogP contribution in [0.2, 0.25) is 0 Å². The highest BCUT2D eigenvalue weighted by molar-refractivity contribution is 6.03. The molecule has 3 nitrogen and oxygen atoms in total. The Hall–Kier alpha value is -2.52. The molecule has 0 amide bonds. The Balaban J connectivity index is 0.00000210. The normalized spacial score (nSPS) is 12.7. The number of halogens is 1. The summed E-state index contributed by atoms with van der Waals surface area (Å²) in [6, 6.07) is 19.3. The summed E-state index contributed by atoms with van der Waals surface area (Å²) in [6.45, 7) is 0.841. The minimum absolute atomic E-state index is 0. The number of ether oxygens (including phenoxy) is 2. The Kier molecular flexibility index (Phi) is 6.02. The average Bonchev–Trinajstić information content (AvgIpc) is 2.71. The summed E-state index contributed by atoms with van der Waals surface area (Å²) in [4.78, 5) is 4.82. The van der Waals surface area contributed by atoms with E-state index >= 15 is 0 Å². The van der Waals surface area contributed by atoms with Crippen molar-refractivity contribution in [1.29, 1.82) is 0 Å². The Labute approximate surface area is 166 Å². The van der Waals surface area contributed by atoms with Gasteiger partial charge in [0, 0.05) is 17.8 Å². The molecule has 0 aliphatic carbocycles. The summed E-state index contributed by atoms with van der Waals surface area (Å²) in [5.74, 6) is 1.56. The second kappa shape index (κ2) is 8.45. The first kappa shape index (κ1) is 19.2. The van der Waals surface area contributed by atoms with Crippen molar-refractivity contribution >= 4 is 28.9 Å². The van der Waals surface area contributed by atoms with Crippen molar-refractivity contribution in [2.24, 2.45) is 4.99 Å². The van der Waals surface area contributed by atoms with Gasteiger partial charge in [0.25, 0.3) is 0 Å². The maximum absolute atomic E-state index is 5.49. The first-order chi connectivity index (χ1) is 12.8. The number of benzene rings is 3. The van der Waals surface area contributed by atoms with E-state index in [9.17, 15) is 0 Å². The van der Waals surface area contributed by atoms with E-state index in [-0.39, 0.29) is 12.4 Å². The molecule has 140 valence electrons. The maximum Gasteiger partial charge on any atom is 0.161 e. The van der Waals surface area contributed by atoms with E-state index < -0.39 is 0 Å². The quantitative estimate of drug-likeness (QED) is 0.603. The van der Waals surface area contributed by atoms with Crippen molar-refractivity contribution in [2.45, 2.75) is 19.3 Å². The van der Waals surface area contributed by atoms with Crippen molar-refractivity contribution < 1.29 is 9.47 Å². The molecule has 1 heterocycles. The molecule has 0 radical (unpaired) electrons. The number of aliphatic imine (C=N–C) groups is 1. The lowest BCUT2D eigenvalue weighted by atomic mass is 9.92. The van der Waals surface area contributed by atoms with Gasteiger partial charge < -0.3 is 9.47 Å². The van der Waals surface area contributed by atoms with E-state index in [1.54, 1.807) is 14.2 Å². The fourth-order valence-electron chi connectivity index (χ4n) is 3.77. The minimum atomic E-state index is 0. The van der Waals surface area contributed by atoms with Gasteiger partial charge in [0.15, 0.2) is 11.5 Å². The molecule has 1 aliphatic rings. The van der Waals surface area contributed by atoms with E-state index in [0.29, 0.717) is 0 Å². The highest BCUT2D eigenvalue weighted by Gasteiger charge is 2.18. The Morgan fingerprint density at radius 1 is 0.889 bits per heavy atom. The molecule has 0 unspecified atom stereocenters. The van der Waals surface area contributed by atoms with Gasteiger partial charge in [-0.2, -0.15) is 0 Å². The fraction of sp³-hybridized carbons (Fsp3) is 0.261. The van der Waals surface area contributed by atoms with Gasteiger partial charge in [-0.1, -0.05) is 42.5 Å². The smallest absolute Gasteiger partial charge is 0.161 e. The summed E-state index contributed by atoms with van der Waals surface area (Å²) in [6.07, 6.45) is 2.86. The molecule has 3 aromatic carbocycles. The van der Waals surface area contributed by atoms with Crippen LogP contribution in [0, 0.1) is 0 Å². The molecule has 0 atom stereocenters. The van der Waals surface area contributed by atoms with Crippen molar-refractivity contribution in [3.05, 3.63) is 71.3 Å². The highest BCUT2D eigenvalue weighted by Crippen LogP contribution is 2.33. The summed E-state index contributed by atoms with van der Waals surface area (Å²) in [7, 11) is 3.36. The van der Waals surface area contributed by atoms with E-state index in [1.165, 1.54) is 33.2 Å². The monoisotopic (exact) mass is 381 g/mol. The van der Waals surface area contributed by atoms with Crippen molar-refractivity contribution in [3.63, 3.8) is 0 Å². The summed E-state index contributed by atoms with van der Waals surface area (Å²) >= 11 is 0. The number of aryl methyl sites for hydroxylation is 1. The third kappa shape index (κ3) is 3.79. The SMILES string of the molecule is COc1cc2c(cc1OC)C(CCc1cccc3ccccc13)=NCC2.Cl. The third-order valence-corrected chi connectivity index (χ3v) is 5.12. The first-order valence-electron chi connectivity index (χ1n) is 9.05. The molecule has 4 rings (SSSR count). The Morgan fingerprint density at radius 2 is 1.63 bits per heavy atom. The lowest BCUT2D eigenvalue weighted by Gasteiger charge is -2.20. The van der Waals surface area contributed by atoms with Crippen molar-refractivity contribution in [2.75, 3.05) is 20.8 Å². The molecule has 1 aliphatic heterocycles. The van der Waals surface area contributed by atoms with E-state index in [4.69, 9.17) is 14.5 Å². The molecular formula is C23H24ClNO2. The van der Waals surface area contributed by atoms with Crippen LogP contribution in [-0.2, 0) is 12.8 Å². The molecule has 0 aromatic heterocycles. The topological polar surface area (TPSA) is 30.8 Å². The van der Waals surface area contributed by atoms with Crippen LogP contribution in [0.5, 0.6) is 11.5 Å². The van der Waals surface area contributed by atoms with Gasteiger partial charge in [-0.15, -0.1) is 12.4 Å². The van der Waals surface area contributed by atoms with Gasteiger partial charge in [0.2, 0.25) is 0 Å². The van der Waals surface area contributed by atoms with Gasteiger partial charge in [0.1, 0.15) is 0 Å². The number of rotatable bonds is 5. The minimum Gasteiger partial charge on any atom is -0.493 e. The Morgan fingerprint density at radius 3 is 2.44 bits per heavy atom. The fourth-order valence-corrected chi connectivity index (χ4v) is 3.77. The van der Waals surface area contributed by atoms with E-state index in [2.05, 4.69) is 54.6 Å². The summed E-state index contributed by atoms with van der Waals surface area (Å²) in [5.41, 5.74) is 5.04. The maximum atomic E-state index is 5.49. The van der Waals surface area contributed by atoms with Gasteiger partial charge >= 0.3 is 0 Å². The van der Waals surface area contributed by atoms with Crippen LogP contribution in [0.25, 0.3) is 10.8 Å². The average molecular weight is 382 g/mol. The van der Waals surface area contributed by atoms with Crippen LogP contribution in [0.4, 0.5) is 0 Å². The summed E-state index contributed by atoms with van der Waals surface area (Å²) in [5, 5.41) is 2.63. The summed E-state index contributed by atoms with van der Waals surface area (Å²) < 4.78 is 10.9. The predicted octanol–water partition coefficient (Wildman–Crippen LogP) is 5.26. The second-order valence-corrected chi connectivity index (χ2v) is 6.58. The number of hydrogen-bond acceptors (Lipinski definition) is 3. The van der Waals surface area contributed by atoms with Gasteiger partial charge in [-0.3, -0.25) is 4.99 Å². The zero-order valence-corrected chi connectivity index (χ0v) is 16.5. The molecule has 27 heavy (non-hydrogen) atoms. The lowest BCUT2D eigenvalue weighted by molar-refractivity contribution is 0.354. The third-order valence-electron chi connectivity index (χ3n) is 5.12. The number of hydrogen-bond donors (Lipinski definition) is 0. The van der Waals surface area contributed by atoms with Gasteiger partial charge in [-0.25, -0.2) is 0 Å². The molecular weight excluding hydrogens is 358 g/mol. The lowest BCUT2D eigenvalue weighted by Crippen LogP contribution is -2.14. The molecule has 3 aromatic rings. The van der Waals surface area contributed by atoms with Crippen LogP contribution in [0.3, 0.4) is 0 Å². The van der Waals surface area contributed by atoms with E-state index in [1.807, 2.05) is 0 Å². The molecule has 0 saturated heterocycles. The molecule has 0 N–H and O–H groups in total. The number of fused-ring (bicyclic) bond motifs is 2. The van der Waals surface area contributed by atoms with Crippen LogP contribution in [-0.4, -0.2) is 26.5 Å². The highest BCUT2D eigenvalue weighted by atomic mass is 35.5. The van der Waals surface area contributed by atoms with Crippen LogP contribution < -0.4 is 9.47 Å². The predicted molar refractivity (Wildman–Crippen MR) is 114 cm³/mol. The zero-order chi connectivity index (χ0) is 17.9. The second-order valence-electron chi connectivity index (χ2n) is 6.58. The molecule has 0 spiro atoms. The number of nitrogens with zero attached hydrogens (tertiary/aromatic N) is 1. The van der Waals surface area contributed by atoms with Crippen molar-refractivity contribution in [3.8, 4) is 11.5 Å². The first-order valence-corrected chi connectivity index (χ1v) is 9.05. The largest absolute Gasteiger partial charge is 0.493 e. The molecule has 0 fully saturated rings. The standard InChI is InChI=1S/C23H23NO2.ClH/c1-25-22-14-18-12-13-24-21(20(18)15-23(22)26-2)11-10-17-8-5-7-16-6-3-4-9-19(16)17;/h3-9,14-15H,10-13H2,1-2H3;1H. The van der Waals surface area contributed by atoms with E-state index in [0.717, 1.165) is 37.3 Å². The molecule has 4 heteroatoms. The van der Waals surface area contributed by atoms with Gasteiger partial charge in [-0.05, 0) is 53.3 Å². The van der Waals surface area contributed by atoms with Crippen LogP contribution in [0.15, 0.2) is 59.6 Å². The zero-order valence-electron chi connectivity index (χ0n) is 15.7. The van der Waals surface area contributed by atoms with Crippen LogP contribution >= 0.6 is 12.4 Å². The van der Waals surface area contributed by atoms with Crippen LogP contribution in [0.1, 0.15) is 23.1 Å². The van der Waals surface area contributed by atoms with Crippen molar-refractivity contribution in [1.82, 2.24) is 0 Å². The number of methoxy groups -OCH3 is 2.